The molecule has 0 amide bonds. The normalized spacial score (nSPS) is 11.1. The Hall–Kier alpha value is -2.86. The summed E-state index contributed by atoms with van der Waals surface area (Å²) in [6, 6.07) is 8.22. The predicted octanol–water partition coefficient (Wildman–Crippen LogP) is 4.10. The summed E-state index contributed by atoms with van der Waals surface area (Å²) in [4.78, 5) is 16.1. The molecule has 7 heteroatoms. The number of aromatic nitrogens is 3. The first-order valence-corrected chi connectivity index (χ1v) is 7.24. The van der Waals surface area contributed by atoms with Gasteiger partial charge in [-0.3, -0.25) is 4.79 Å². The van der Waals surface area contributed by atoms with Crippen LogP contribution in [0.4, 0.5) is 8.78 Å². The van der Waals surface area contributed by atoms with Crippen LogP contribution in [0.5, 0.6) is 0 Å². The second kappa shape index (κ2) is 6.72. The highest BCUT2D eigenvalue weighted by molar-refractivity contribution is 6.34. The average molecular weight is 346 g/mol. The van der Waals surface area contributed by atoms with Gasteiger partial charge in [0.1, 0.15) is 12.7 Å². The Morgan fingerprint density at radius 1 is 1.12 bits per heavy atom. The standard InChI is InChI=1S/C17H10ClF2N3O/c18-14-8-12(23-10-21-9-22-23)3-4-13(14)17(24)6-2-11-1-5-15(19)16(20)7-11/h1-10H/b6-2+. The van der Waals surface area contributed by atoms with E-state index in [4.69, 9.17) is 11.6 Å². The zero-order valence-corrected chi connectivity index (χ0v) is 12.9. The van der Waals surface area contributed by atoms with Crippen molar-refractivity contribution in [2.45, 2.75) is 0 Å². The minimum atomic E-state index is -0.972. The van der Waals surface area contributed by atoms with Crippen molar-refractivity contribution in [1.82, 2.24) is 14.8 Å². The van der Waals surface area contributed by atoms with Gasteiger partial charge in [-0.15, -0.1) is 0 Å². The molecule has 0 aliphatic heterocycles. The number of carbonyl (C=O) groups excluding carboxylic acids is 1. The smallest absolute Gasteiger partial charge is 0.187 e. The van der Waals surface area contributed by atoms with Crippen molar-refractivity contribution in [3.8, 4) is 5.69 Å². The van der Waals surface area contributed by atoms with Crippen LogP contribution in [0, 0.1) is 11.6 Å². The van der Waals surface area contributed by atoms with Gasteiger partial charge in [0.2, 0.25) is 0 Å². The molecule has 3 rings (SSSR count). The third-order valence-electron chi connectivity index (χ3n) is 3.27. The summed E-state index contributed by atoms with van der Waals surface area (Å²) in [5.41, 5.74) is 1.33. The molecule has 0 aliphatic rings. The lowest BCUT2D eigenvalue weighted by molar-refractivity contribution is 0.104. The van der Waals surface area contributed by atoms with Crippen LogP contribution in [0.2, 0.25) is 5.02 Å². The maximum Gasteiger partial charge on any atom is 0.187 e. The van der Waals surface area contributed by atoms with Crippen molar-refractivity contribution < 1.29 is 13.6 Å². The van der Waals surface area contributed by atoms with E-state index in [0.29, 0.717) is 16.8 Å². The highest BCUT2D eigenvalue weighted by Crippen LogP contribution is 2.21. The molecule has 0 N–H and O–H groups in total. The molecule has 2 aromatic carbocycles. The van der Waals surface area contributed by atoms with Crippen LogP contribution < -0.4 is 0 Å². The maximum absolute atomic E-state index is 13.1. The second-order valence-electron chi connectivity index (χ2n) is 4.88. The van der Waals surface area contributed by atoms with Crippen LogP contribution >= 0.6 is 11.6 Å². The largest absolute Gasteiger partial charge is 0.289 e. The molecule has 0 aliphatic carbocycles. The number of hydrogen-bond acceptors (Lipinski definition) is 3. The molecule has 24 heavy (non-hydrogen) atoms. The van der Waals surface area contributed by atoms with E-state index in [1.165, 1.54) is 35.6 Å². The minimum Gasteiger partial charge on any atom is -0.289 e. The topological polar surface area (TPSA) is 47.8 Å². The molecule has 3 aromatic rings. The van der Waals surface area contributed by atoms with Gasteiger partial charge in [-0.25, -0.2) is 18.4 Å². The molecule has 1 heterocycles. The van der Waals surface area contributed by atoms with E-state index in [0.717, 1.165) is 12.1 Å². The Morgan fingerprint density at radius 3 is 2.62 bits per heavy atom. The van der Waals surface area contributed by atoms with Crippen LogP contribution in [0.25, 0.3) is 11.8 Å². The maximum atomic E-state index is 13.1. The fourth-order valence-corrected chi connectivity index (χ4v) is 2.33. The summed E-state index contributed by atoms with van der Waals surface area (Å²) in [6.45, 7) is 0. The van der Waals surface area contributed by atoms with Crippen molar-refractivity contribution in [3.05, 3.63) is 82.9 Å². The number of benzene rings is 2. The van der Waals surface area contributed by atoms with Gasteiger partial charge in [-0.2, -0.15) is 5.10 Å². The van der Waals surface area contributed by atoms with Crippen LogP contribution in [0.15, 0.2) is 55.1 Å². The van der Waals surface area contributed by atoms with Gasteiger partial charge in [0.25, 0.3) is 0 Å². The summed E-state index contributed by atoms with van der Waals surface area (Å²) >= 11 is 6.14. The first-order chi connectivity index (χ1) is 11.5. The lowest BCUT2D eigenvalue weighted by atomic mass is 10.1. The molecule has 1 aromatic heterocycles. The molecule has 4 nitrogen and oxygen atoms in total. The van der Waals surface area contributed by atoms with Gasteiger partial charge in [0.05, 0.1) is 10.7 Å². The summed E-state index contributed by atoms with van der Waals surface area (Å²) in [6.07, 6.45) is 5.54. The molecule has 0 fully saturated rings. The molecule has 0 radical (unpaired) electrons. The third-order valence-corrected chi connectivity index (χ3v) is 3.58. The van der Waals surface area contributed by atoms with Gasteiger partial charge >= 0.3 is 0 Å². The molecule has 0 atom stereocenters. The van der Waals surface area contributed by atoms with Gasteiger partial charge < -0.3 is 0 Å². The van der Waals surface area contributed by atoms with E-state index < -0.39 is 11.6 Å². The molecular weight excluding hydrogens is 336 g/mol. The van der Waals surface area contributed by atoms with Gasteiger partial charge in [-0.1, -0.05) is 23.7 Å². The first kappa shape index (κ1) is 16.0. The molecular formula is C17H10ClF2N3O. The van der Waals surface area contributed by atoms with E-state index in [-0.39, 0.29) is 10.8 Å². The first-order valence-electron chi connectivity index (χ1n) is 6.86. The summed E-state index contributed by atoms with van der Waals surface area (Å²) < 4.78 is 27.5. The lowest BCUT2D eigenvalue weighted by Crippen LogP contribution is -1.99. The lowest BCUT2D eigenvalue weighted by Gasteiger charge is -2.04. The van der Waals surface area contributed by atoms with E-state index in [9.17, 15) is 13.6 Å². The predicted molar refractivity (Wildman–Crippen MR) is 86.1 cm³/mol. The number of allylic oxidation sites excluding steroid dienone is 1. The van der Waals surface area contributed by atoms with Gasteiger partial charge in [0.15, 0.2) is 17.4 Å². The Bertz CT molecular complexity index is 924. The highest BCUT2D eigenvalue weighted by atomic mass is 35.5. The Balaban J connectivity index is 1.82. The molecule has 0 saturated heterocycles. The van der Waals surface area contributed by atoms with Crippen molar-refractivity contribution in [3.63, 3.8) is 0 Å². The minimum absolute atomic E-state index is 0.253. The van der Waals surface area contributed by atoms with E-state index in [1.54, 1.807) is 18.2 Å². The van der Waals surface area contributed by atoms with Crippen molar-refractivity contribution in [1.29, 1.82) is 0 Å². The van der Waals surface area contributed by atoms with Crippen LogP contribution in [-0.2, 0) is 0 Å². The monoisotopic (exact) mass is 345 g/mol. The van der Waals surface area contributed by atoms with Crippen LogP contribution in [-0.4, -0.2) is 20.5 Å². The molecule has 0 bridgehead atoms. The fourth-order valence-electron chi connectivity index (χ4n) is 2.07. The fraction of sp³-hybridized carbons (Fsp3) is 0. The van der Waals surface area contributed by atoms with E-state index >= 15 is 0 Å². The van der Waals surface area contributed by atoms with Crippen LogP contribution in [0.3, 0.4) is 0 Å². The second-order valence-corrected chi connectivity index (χ2v) is 5.28. The quantitative estimate of drug-likeness (QED) is 0.528. The average Bonchev–Trinajstić information content (AvgIpc) is 3.10. The highest BCUT2D eigenvalue weighted by Gasteiger charge is 2.09. The van der Waals surface area contributed by atoms with Crippen molar-refractivity contribution in [2.24, 2.45) is 0 Å². The van der Waals surface area contributed by atoms with Crippen molar-refractivity contribution in [2.75, 3.05) is 0 Å². The number of carbonyl (C=O) groups is 1. The SMILES string of the molecule is O=C(/C=C/c1ccc(F)c(F)c1)c1ccc(-n2cncn2)cc1Cl. The van der Waals surface area contributed by atoms with Crippen LogP contribution in [0.1, 0.15) is 15.9 Å². The molecule has 0 spiro atoms. The number of rotatable bonds is 4. The number of hydrogen-bond donors (Lipinski definition) is 0. The van der Waals surface area contributed by atoms with Gasteiger partial charge in [-0.05, 0) is 42.0 Å². The molecule has 120 valence electrons. The number of halogens is 3. The van der Waals surface area contributed by atoms with Gasteiger partial charge in [0, 0.05) is 5.56 Å². The van der Waals surface area contributed by atoms with E-state index in [1.807, 2.05) is 0 Å². The summed E-state index contributed by atoms with van der Waals surface area (Å²) in [5, 5.41) is 4.23. The van der Waals surface area contributed by atoms with E-state index in [2.05, 4.69) is 10.1 Å². The molecule has 0 unspecified atom stereocenters. The summed E-state index contributed by atoms with van der Waals surface area (Å²) in [5.74, 6) is -2.26. The zero-order chi connectivity index (χ0) is 17.1. The molecule has 0 saturated carbocycles. The Labute approximate surface area is 141 Å². The zero-order valence-electron chi connectivity index (χ0n) is 12.2. The third kappa shape index (κ3) is 3.38. The Kier molecular flexibility index (Phi) is 4.48. The Morgan fingerprint density at radius 2 is 1.96 bits per heavy atom. The summed E-state index contributed by atoms with van der Waals surface area (Å²) in [7, 11) is 0. The number of ketones is 1. The van der Waals surface area contributed by atoms with Crippen molar-refractivity contribution >= 4 is 23.5 Å². The number of nitrogens with zero attached hydrogens (tertiary/aromatic N) is 3.